The maximum absolute atomic E-state index is 12.5. The molecule has 0 atom stereocenters. The Hall–Kier alpha value is -3.03. The number of carbonyl (C=O) groups excluding carboxylic acids is 1. The van der Waals surface area contributed by atoms with Crippen molar-refractivity contribution in [3.05, 3.63) is 71.6 Å². The molecule has 4 rings (SSSR count). The predicted octanol–water partition coefficient (Wildman–Crippen LogP) is 3.73. The zero-order valence-corrected chi connectivity index (χ0v) is 19.3. The second kappa shape index (κ2) is 11.7. The maximum Gasteiger partial charge on any atom is 0.241 e. The smallest absolute Gasteiger partial charge is 0.241 e. The average molecular weight is 449 g/mol. The number of rotatable bonds is 10. The summed E-state index contributed by atoms with van der Waals surface area (Å²) >= 11 is 0. The van der Waals surface area contributed by atoms with Crippen LogP contribution in [0.1, 0.15) is 29.9 Å². The lowest BCUT2D eigenvalue weighted by Crippen LogP contribution is -2.48. The fourth-order valence-electron chi connectivity index (χ4n) is 4.02. The van der Waals surface area contributed by atoms with E-state index in [9.17, 15) is 4.79 Å². The normalized spacial score (nSPS) is 14.5. The van der Waals surface area contributed by atoms with E-state index in [2.05, 4.69) is 27.2 Å². The van der Waals surface area contributed by atoms with Gasteiger partial charge in [0.1, 0.15) is 0 Å². The number of hydrogen-bond donors (Lipinski definition) is 0. The van der Waals surface area contributed by atoms with Gasteiger partial charge in [0, 0.05) is 44.8 Å². The standard InChI is InChI=1S/C26H32N4O3/c1-21-8-5-6-11-23(21)26-27-24(33-28-26)20-29-14-16-30(17-15-29)25(31)12-7-18-32-19-13-22-9-3-2-4-10-22/h2-6,8-11H,7,12-20H2,1H3. The highest BCUT2D eigenvalue weighted by Crippen LogP contribution is 2.20. The number of nitrogens with zero attached hydrogens (tertiary/aromatic N) is 4. The summed E-state index contributed by atoms with van der Waals surface area (Å²) in [6.45, 7) is 7.04. The molecule has 0 aliphatic carbocycles. The van der Waals surface area contributed by atoms with Crippen LogP contribution in [-0.2, 0) is 22.5 Å². The number of ether oxygens (including phenoxy) is 1. The molecule has 0 N–H and O–H groups in total. The molecule has 1 fully saturated rings. The molecule has 2 aromatic carbocycles. The largest absolute Gasteiger partial charge is 0.381 e. The van der Waals surface area contributed by atoms with E-state index in [1.54, 1.807) is 0 Å². The van der Waals surface area contributed by atoms with Crippen LogP contribution in [0.15, 0.2) is 59.1 Å². The van der Waals surface area contributed by atoms with Crippen LogP contribution >= 0.6 is 0 Å². The van der Waals surface area contributed by atoms with Crippen LogP contribution in [0.4, 0.5) is 0 Å². The van der Waals surface area contributed by atoms with Gasteiger partial charge in [0.25, 0.3) is 0 Å². The Bertz CT molecular complexity index is 1010. The lowest BCUT2D eigenvalue weighted by Gasteiger charge is -2.34. The third kappa shape index (κ3) is 6.73. The van der Waals surface area contributed by atoms with Crippen LogP contribution in [0.2, 0.25) is 0 Å². The first-order valence-electron chi connectivity index (χ1n) is 11.7. The van der Waals surface area contributed by atoms with Crippen molar-refractivity contribution in [3.8, 4) is 11.4 Å². The molecule has 1 aliphatic heterocycles. The Morgan fingerprint density at radius 1 is 1.00 bits per heavy atom. The lowest BCUT2D eigenvalue weighted by atomic mass is 10.1. The summed E-state index contributed by atoms with van der Waals surface area (Å²) in [5.41, 5.74) is 3.39. The molecule has 0 spiro atoms. The van der Waals surface area contributed by atoms with Crippen molar-refractivity contribution in [3.63, 3.8) is 0 Å². The van der Waals surface area contributed by atoms with Gasteiger partial charge in [-0.25, -0.2) is 0 Å². The Morgan fingerprint density at radius 2 is 1.76 bits per heavy atom. The molecule has 1 aliphatic rings. The van der Waals surface area contributed by atoms with Gasteiger partial charge in [-0.1, -0.05) is 59.8 Å². The van der Waals surface area contributed by atoms with E-state index in [4.69, 9.17) is 9.26 Å². The van der Waals surface area contributed by atoms with Gasteiger partial charge in [-0.15, -0.1) is 0 Å². The van der Waals surface area contributed by atoms with Gasteiger partial charge in [-0.05, 0) is 30.9 Å². The molecule has 3 aromatic rings. The number of aryl methyl sites for hydroxylation is 1. The van der Waals surface area contributed by atoms with Crippen molar-refractivity contribution < 1.29 is 14.1 Å². The maximum atomic E-state index is 12.5. The van der Waals surface area contributed by atoms with Crippen molar-refractivity contribution in [2.24, 2.45) is 0 Å². The summed E-state index contributed by atoms with van der Waals surface area (Å²) in [5, 5.41) is 4.14. The number of carbonyl (C=O) groups is 1. The quantitative estimate of drug-likeness (QED) is 0.440. The van der Waals surface area contributed by atoms with Gasteiger partial charge in [-0.3, -0.25) is 9.69 Å². The monoisotopic (exact) mass is 448 g/mol. The molecule has 7 heteroatoms. The molecular formula is C26H32N4O3. The molecule has 174 valence electrons. The zero-order chi connectivity index (χ0) is 22.9. The number of amides is 1. The summed E-state index contributed by atoms with van der Waals surface area (Å²) in [5.74, 6) is 1.45. The molecular weight excluding hydrogens is 416 g/mol. The van der Waals surface area contributed by atoms with E-state index in [1.165, 1.54) is 5.56 Å². The summed E-state index contributed by atoms with van der Waals surface area (Å²) in [6, 6.07) is 18.3. The van der Waals surface area contributed by atoms with E-state index in [0.29, 0.717) is 37.9 Å². The van der Waals surface area contributed by atoms with Gasteiger partial charge in [0.15, 0.2) is 0 Å². The molecule has 0 saturated carbocycles. The van der Waals surface area contributed by atoms with E-state index in [1.807, 2.05) is 54.3 Å². The molecule has 1 amide bonds. The molecule has 1 saturated heterocycles. The van der Waals surface area contributed by atoms with Crippen LogP contribution in [-0.4, -0.2) is 65.2 Å². The average Bonchev–Trinajstić information content (AvgIpc) is 3.30. The zero-order valence-electron chi connectivity index (χ0n) is 19.3. The predicted molar refractivity (Wildman–Crippen MR) is 127 cm³/mol. The van der Waals surface area contributed by atoms with Crippen LogP contribution < -0.4 is 0 Å². The summed E-state index contributed by atoms with van der Waals surface area (Å²) < 4.78 is 11.2. The molecule has 2 heterocycles. The number of piperazine rings is 1. The first-order valence-corrected chi connectivity index (χ1v) is 11.7. The molecule has 0 unspecified atom stereocenters. The molecule has 0 bridgehead atoms. The molecule has 33 heavy (non-hydrogen) atoms. The molecule has 1 aromatic heterocycles. The van der Waals surface area contributed by atoms with Crippen molar-refractivity contribution in [1.29, 1.82) is 0 Å². The van der Waals surface area contributed by atoms with Crippen LogP contribution in [0.5, 0.6) is 0 Å². The highest BCUT2D eigenvalue weighted by atomic mass is 16.5. The first kappa shape index (κ1) is 23.1. The van der Waals surface area contributed by atoms with Gasteiger partial charge in [0.2, 0.25) is 17.6 Å². The molecule has 7 nitrogen and oxygen atoms in total. The SMILES string of the molecule is Cc1ccccc1-c1noc(CN2CCN(C(=O)CCCOCCc3ccccc3)CC2)n1. The van der Waals surface area contributed by atoms with Crippen molar-refractivity contribution in [1.82, 2.24) is 19.9 Å². The highest BCUT2D eigenvalue weighted by molar-refractivity contribution is 5.76. The second-order valence-electron chi connectivity index (χ2n) is 8.44. The Labute approximate surface area is 195 Å². The Balaban J connectivity index is 1.12. The fraction of sp³-hybridized carbons (Fsp3) is 0.423. The number of benzene rings is 2. The topological polar surface area (TPSA) is 71.7 Å². The second-order valence-corrected chi connectivity index (χ2v) is 8.44. The number of hydrogen-bond acceptors (Lipinski definition) is 6. The van der Waals surface area contributed by atoms with Gasteiger partial charge < -0.3 is 14.2 Å². The van der Waals surface area contributed by atoms with Crippen molar-refractivity contribution in [2.75, 3.05) is 39.4 Å². The summed E-state index contributed by atoms with van der Waals surface area (Å²) in [6.07, 6.45) is 2.20. The fourth-order valence-corrected chi connectivity index (χ4v) is 4.02. The molecule has 0 radical (unpaired) electrons. The third-order valence-electron chi connectivity index (χ3n) is 6.00. The Kier molecular flexibility index (Phi) is 8.22. The van der Waals surface area contributed by atoms with Crippen LogP contribution in [0, 0.1) is 6.92 Å². The summed E-state index contributed by atoms with van der Waals surface area (Å²) in [4.78, 5) is 21.3. The third-order valence-corrected chi connectivity index (χ3v) is 6.00. The van der Waals surface area contributed by atoms with E-state index in [0.717, 1.165) is 50.1 Å². The van der Waals surface area contributed by atoms with E-state index < -0.39 is 0 Å². The van der Waals surface area contributed by atoms with Gasteiger partial charge in [-0.2, -0.15) is 4.98 Å². The van der Waals surface area contributed by atoms with E-state index in [-0.39, 0.29) is 5.91 Å². The minimum atomic E-state index is 0.209. The van der Waals surface area contributed by atoms with E-state index >= 15 is 0 Å². The Morgan fingerprint density at radius 3 is 2.55 bits per heavy atom. The summed E-state index contributed by atoms with van der Waals surface area (Å²) in [7, 11) is 0. The van der Waals surface area contributed by atoms with Gasteiger partial charge >= 0.3 is 0 Å². The van der Waals surface area contributed by atoms with Crippen molar-refractivity contribution >= 4 is 5.91 Å². The number of aromatic nitrogens is 2. The highest BCUT2D eigenvalue weighted by Gasteiger charge is 2.22. The lowest BCUT2D eigenvalue weighted by molar-refractivity contribution is -0.133. The van der Waals surface area contributed by atoms with Gasteiger partial charge in [0.05, 0.1) is 13.2 Å². The van der Waals surface area contributed by atoms with Crippen molar-refractivity contribution in [2.45, 2.75) is 32.7 Å². The van der Waals surface area contributed by atoms with Crippen LogP contribution in [0.25, 0.3) is 11.4 Å². The minimum Gasteiger partial charge on any atom is -0.381 e. The minimum absolute atomic E-state index is 0.209. The van der Waals surface area contributed by atoms with Crippen LogP contribution in [0.3, 0.4) is 0 Å². The first-order chi connectivity index (χ1) is 16.2.